The third-order valence-electron chi connectivity index (χ3n) is 2.65. The predicted molar refractivity (Wildman–Crippen MR) is 54.8 cm³/mol. The summed E-state index contributed by atoms with van der Waals surface area (Å²) in [5, 5.41) is 12.2. The first kappa shape index (κ1) is 9.01. The van der Waals surface area contributed by atoms with Crippen molar-refractivity contribution < 1.29 is 0 Å². The summed E-state index contributed by atoms with van der Waals surface area (Å²) < 4.78 is 0. The Balaban J connectivity index is 2.11. The summed E-state index contributed by atoms with van der Waals surface area (Å²) in [5.74, 6) is 0.779. The standard InChI is InChI=1S/C11H13N3/c1-8(9-2-3-9)14-11-7-13-5-4-10(11)6-12/h4-5,7-9,14H,2-3H2,1H3. The van der Waals surface area contributed by atoms with Crippen LogP contribution in [0.15, 0.2) is 18.5 Å². The summed E-state index contributed by atoms with van der Waals surface area (Å²) in [6, 6.07) is 4.35. The monoisotopic (exact) mass is 187 g/mol. The van der Waals surface area contributed by atoms with E-state index in [1.165, 1.54) is 12.8 Å². The molecule has 0 amide bonds. The van der Waals surface area contributed by atoms with Crippen molar-refractivity contribution in [3.63, 3.8) is 0 Å². The highest BCUT2D eigenvalue weighted by atomic mass is 14.9. The second-order valence-corrected chi connectivity index (χ2v) is 3.80. The highest BCUT2D eigenvalue weighted by Gasteiger charge is 2.28. The van der Waals surface area contributed by atoms with Gasteiger partial charge >= 0.3 is 0 Å². The van der Waals surface area contributed by atoms with Crippen molar-refractivity contribution in [3.05, 3.63) is 24.0 Å². The van der Waals surface area contributed by atoms with Crippen LogP contribution in [-0.4, -0.2) is 11.0 Å². The number of nitrogens with zero attached hydrogens (tertiary/aromatic N) is 2. The molecule has 3 heteroatoms. The molecule has 14 heavy (non-hydrogen) atoms. The minimum atomic E-state index is 0.450. The molecule has 1 saturated carbocycles. The molecule has 0 spiro atoms. The topological polar surface area (TPSA) is 48.7 Å². The van der Waals surface area contributed by atoms with Crippen molar-refractivity contribution >= 4 is 5.69 Å². The Hall–Kier alpha value is -1.56. The van der Waals surface area contributed by atoms with Gasteiger partial charge in [-0.2, -0.15) is 5.26 Å². The summed E-state index contributed by atoms with van der Waals surface area (Å²) in [6.45, 7) is 2.16. The van der Waals surface area contributed by atoms with Gasteiger partial charge in [-0.25, -0.2) is 0 Å². The quantitative estimate of drug-likeness (QED) is 0.788. The molecule has 72 valence electrons. The van der Waals surface area contributed by atoms with E-state index in [1.54, 1.807) is 18.5 Å². The lowest BCUT2D eigenvalue weighted by Gasteiger charge is -2.14. The molecule has 1 heterocycles. The molecule has 0 bridgehead atoms. The van der Waals surface area contributed by atoms with E-state index < -0.39 is 0 Å². The van der Waals surface area contributed by atoms with Crippen molar-refractivity contribution in [2.45, 2.75) is 25.8 Å². The molecule has 1 aliphatic rings. The largest absolute Gasteiger partial charge is 0.380 e. The van der Waals surface area contributed by atoms with Gasteiger partial charge in [-0.1, -0.05) is 0 Å². The zero-order chi connectivity index (χ0) is 9.97. The Morgan fingerprint density at radius 1 is 1.64 bits per heavy atom. The second kappa shape index (κ2) is 3.67. The molecule has 1 aromatic heterocycles. The van der Waals surface area contributed by atoms with E-state index in [1.807, 2.05) is 0 Å². The molecule has 1 atom stereocenters. The SMILES string of the molecule is CC(Nc1cnccc1C#N)C1CC1. The molecule has 2 rings (SSSR count). The smallest absolute Gasteiger partial charge is 0.101 e. The van der Waals surface area contributed by atoms with Crippen molar-refractivity contribution in [3.8, 4) is 6.07 Å². The Kier molecular flexibility index (Phi) is 2.36. The second-order valence-electron chi connectivity index (χ2n) is 3.80. The Morgan fingerprint density at radius 2 is 2.43 bits per heavy atom. The first-order chi connectivity index (χ1) is 6.81. The average Bonchev–Trinajstić information content (AvgIpc) is 3.02. The van der Waals surface area contributed by atoms with E-state index in [2.05, 4.69) is 23.3 Å². The number of nitrogens with one attached hydrogen (secondary N) is 1. The van der Waals surface area contributed by atoms with Gasteiger partial charge in [0.05, 0.1) is 17.4 Å². The van der Waals surface area contributed by atoms with Crippen LogP contribution in [0.5, 0.6) is 0 Å². The van der Waals surface area contributed by atoms with Crippen LogP contribution in [0.2, 0.25) is 0 Å². The zero-order valence-corrected chi connectivity index (χ0v) is 8.20. The number of aromatic nitrogens is 1. The summed E-state index contributed by atoms with van der Waals surface area (Å²) in [7, 11) is 0. The van der Waals surface area contributed by atoms with Gasteiger partial charge in [-0.3, -0.25) is 4.98 Å². The van der Waals surface area contributed by atoms with E-state index in [-0.39, 0.29) is 0 Å². The fourth-order valence-electron chi connectivity index (χ4n) is 1.57. The minimum absolute atomic E-state index is 0.450. The summed E-state index contributed by atoms with van der Waals surface area (Å²) in [4.78, 5) is 4.01. The van der Waals surface area contributed by atoms with Gasteiger partial charge in [0, 0.05) is 12.2 Å². The van der Waals surface area contributed by atoms with Crippen molar-refractivity contribution in [2.24, 2.45) is 5.92 Å². The van der Waals surface area contributed by atoms with Crippen LogP contribution >= 0.6 is 0 Å². The van der Waals surface area contributed by atoms with Gasteiger partial charge in [0.2, 0.25) is 0 Å². The summed E-state index contributed by atoms with van der Waals surface area (Å²) in [6.07, 6.45) is 5.97. The van der Waals surface area contributed by atoms with E-state index in [4.69, 9.17) is 5.26 Å². The van der Waals surface area contributed by atoms with Gasteiger partial charge < -0.3 is 5.32 Å². The molecule has 1 fully saturated rings. The third-order valence-corrected chi connectivity index (χ3v) is 2.65. The van der Waals surface area contributed by atoms with E-state index in [0.29, 0.717) is 11.6 Å². The molecule has 0 aromatic carbocycles. The maximum atomic E-state index is 8.87. The molecular weight excluding hydrogens is 174 g/mol. The molecule has 0 saturated heterocycles. The normalized spacial score (nSPS) is 17.1. The number of hydrogen-bond acceptors (Lipinski definition) is 3. The van der Waals surface area contributed by atoms with Crippen molar-refractivity contribution in [1.82, 2.24) is 4.98 Å². The molecule has 0 aliphatic heterocycles. The van der Waals surface area contributed by atoms with Crippen LogP contribution in [0.1, 0.15) is 25.3 Å². The van der Waals surface area contributed by atoms with E-state index >= 15 is 0 Å². The lowest BCUT2D eigenvalue weighted by molar-refractivity contribution is 0.693. The van der Waals surface area contributed by atoms with Gasteiger partial charge in [-0.15, -0.1) is 0 Å². The summed E-state index contributed by atoms with van der Waals surface area (Å²) >= 11 is 0. The average molecular weight is 187 g/mol. The van der Waals surface area contributed by atoms with Crippen LogP contribution in [-0.2, 0) is 0 Å². The van der Waals surface area contributed by atoms with Crippen molar-refractivity contribution in [1.29, 1.82) is 5.26 Å². The molecule has 0 radical (unpaired) electrons. The van der Waals surface area contributed by atoms with Gasteiger partial charge in [0.15, 0.2) is 0 Å². The Morgan fingerprint density at radius 3 is 3.07 bits per heavy atom. The first-order valence-electron chi connectivity index (χ1n) is 4.92. The molecule has 3 nitrogen and oxygen atoms in total. The molecular formula is C11H13N3. The molecule has 1 aliphatic carbocycles. The van der Waals surface area contributed by atoms with E-state index in [9.17, 15) is 0 Å². The van der Waals surface area contributed by atoms with Crippen LogP contribution in [0.4, 0.5) is 5.69 Å². The fraction of sp³-hybridized carbons (Fsp3) is 0.455. The molecule has 1 aromatic rings. The summed E-state index contributed by atoms with van der Waals surface area (Å²) in [5.41, 5.74) is 1.53. The number of nitriles is 1. The van der Waals surface area contributed by atoms with Crippen LogP contribution in [0.3, 0.4) is 0 Å². The van der Waals surface area contributed by atoms with Gasteiger partial charge in [0.25, 0.3) is 0 Å². The number of pyridine rings is 1. The van der Waals surface area contributed by atoms with Crippen molar-refractivity contribution in [2.75, 3.05) is 5.32 Å². The predicted octanol–water partition coefficient (Wildman–Crippen LogP) is 2.16. The fourth-order valence-corrected chi connectivity index (χ4v) is 1.57. The number of rotatable bonds is 3. The molecule has 1 unspecified atom stereocenters. The van der Waals surface area contributed by atoms with Crippen LogP contribution in [0.25, 0.3) is 0 Å². The lowest BCUT2D eigenvalue weighted by Crippen LogP contribution is -2.18. The lowest BCUT2D eigenvalue weighted by atomic mass is 10.2. The maximum Gasteiger partial charge on any atom is 0.101 e. The van der Waals surface area contributed by atoms with Gasteiger partial charge in [0.1, 0.15) is 6.07 Å². The van der Waals surface area contributed by atoms with E-state index in [0.717, 1.165) is 11.6 Å². The van der Waals surface area contributed by atoms with Crippen LogP contribution in [0, 0.1) is 17.2 Å². The minimum Gasteiger partial charge on any atom is -0.380 e. The molecule has 1 N–H and O–H groups in total. The number of hydrogen-bond donors (Lipinski definition) is 1. The Bertz CT molecular complexity index is 363. The first-order valence-corrected chi connectivity index (χ1v) is 4.92. The third kappa shape index (κ3) is 1.85. The van der Waals surface area contributed by atoms with Gasteiger partial charge in [-0.05, 0) is 31.7 Å². The highest BCUT2D eigenvalue weighted by Crippen LogP contribution is 2.34. The number of anilines is 1. The maximum absolute atomic E-state index is 8.87. The van der Waals surface area contributed by atoms with Crippen LogP contribution < -0.4 is 5.32 Å². The zero-order valence-electron chi connectivity index (χ0n) is 8.20. The Labute approximate surface area is 83.8 Å². The highest BCUT2D eigenvalue weighted by molar-refractivity contribution is 5.55.